The Balaban J connectivity index is 1.50. The molecule has 0 atom stereocenters. The van der Waals surface area contributed by atoms with Gasteiger partial charge in [0, 0.05) is 18.7 Å². The highest BCUT2D eigenvalue weighted by Gasteiger charge is 2.32. The van der Waals surface area contributed by atoms with Gasteiger partial charge >= 0.3 is 0 Å². The number of benzene rings is 4. The van der Waals surface area contributed by atoms with Gasteiger partial charge in [-0.3, -0.25) is 4.79 Å². The van der Waals surface area contributed by atoms with Gasteiger partial charge in [0.15, 0.2) is 11.5 Å². The zero-order valence-electron chi connectivity index (χ0n) is 17.2. The van der Waals surface area contributed by atoms with Crippen molar-refractivity contribution in [2.75, 3.05) is 6.79 Å². The summed E-state index contributed by atoms with van der Waals surface area (Å²) in [6.07, 6.45) is 0. The van der Waals surface area contributed by atoms with E-state index >= 15 is 0 Å². The Kier molecular flexibility index (Phi) is 4.71. The molecule has 0 spiro atoms. The van der Waals surface area contributed by atoms with Gasteiger partial charge in [0.05, 0.1) is 10.0 Å². The topological polar surface area (TPSA) is 38.8 Å². The van der Waals surface area contributed by atoms with Crippen LogP contribution in [0.3, 0.4) is 0 Å². The lowest BCUT2D eigenvalue weighted by molar-refractivity contribution is 0.0767. The van der Waals surface area contributed by atoms with Crippen LogP contribution in [-0.4, -0.2) is 17.6 Å². The first-order valence-electron chi connectivity index (χ1n) is 10.4. The van der Waals surface area contributed by atoms with Gasteiger partial charge in [-0.05, 0) is 75.5 Å². The predicted molar refractivity (Wildman–Crippen MR) is 126 cm³/mol. The zero-order valence-corrected chi connectivity index (χ0v) is 18.7. The Morgan fingerprint density at radius 3 is 2.42 bits per heavy atom. The van der Waals surface area contributed by atoms with Crippen molar-refractivity contribution < 1.29 is 18.7 Å². The fraction of sp³-hybridized carbons (Fsp3) is 0.115. The molecule has 0 fully saturated rings. The van der Waals surface area contributed by atoms with Crippen molar-refractivity contribution in [3.63, 3.8) is 0 Å². The van der Waals surface area contributed by atoms with Crippen molar-refractivity contribution in [3.05, 3.63) is 93.2 Å². The molecule has 4 aromatic rings. The molecule has 2 heterocycles. The molecule has 33 heavy (non-hydrogen) atoms. The van der Waals surface area contributed by atoms with Crippen LogP contribution < -0.4 is 9.47 Å². The molecule has 0 saturated carbocycles. The summed E-state index contributed by atoms with van der Waals surface area (Å²) in [5, 5.41) is 2.71. The number of carbonyl (C=O) groups excluding carboxylic acids is 1. The van der Waals surface area contributed by atoms with Crippen molar-refractivity contribution in [3.8, 4) is 22.6 Å². The third-order valence-electron chi connectivity index (χ3n) is 6.10. The van der Waals surface area contributed by atoms with Gasteiger partial charge in [0.2, 0.25) is 6.79 Å². The minimum Gasteiger partial charge on any atom is -0.454 e. The lowest BCUT2D eigenvalue weighted by Gasteiger charge is -2.16. The van der Waals surface area contributed by atoms with Crippen molar-refractivity contribution in [2.45, 2.75) is 13.1 Å². The van der Waals surface area contributed by atoms with Gasteiger partial charge < -0.3 is 14.4 Å². The quantitative estimate of drug-likeness (QED) is 0.323. The predicted octanol–water partition coefficient (Wildman–Crippen LogP) is 6.84. The molecule has 0 unspecified atom stereocenters. The van der Waals surface area contributed by atoms with E-state index in [0.29, 0.717) is 40.2 Å². The van der Waals surface area contributed by atoms with Gasteiger partial charge in [0.1, 0.15) is 5.82 Å². The summed E-state index contributed by atoms with van der Waals surface area (Å²) in [6.45, 7) is 0.978. The molecule has 4 nitrogen and oxygen atoms in total. The van der Waals surface area contributed by atoms with E-state index in [4.69, 9.17) is 32.7 Å². The Bertz CT molecular complexity index is 1450. The molecular weight excluding hydrogens is 464 g/mol. The van der Waals surface area contributed by atoms with E-state index in [0.717, 1.165) is 33.0 Å². The number of amides is 1. The van der Waals surface area contributed by atoms with Gasteiger partial charge in [0.25, 0.3) is 5.91 Å². The molecule has 164 valence electrons. The number of fused-ring (bicyclic) bond motifs is 3. The first-order chi connectivity index (χ1) is 16.0. The van der Waals surface area contributed by atoms with Crippen LogP contribution in [0.2, 0.25) is 10.0 Å². The summed E-state index contributed by atoms with van der Waals surface area (Å²) >= 11 is 12.2. The maximum atomic E-state index is 13.7. The van der Waals surface area contributed by atoms with Gasteiger partial charge in [-0.2, -0.15) is 0 Å². The fourth-order valence-corrected chi connectivity index (χ4v) is 4.87. The molecule has 2 aliphatic rings. The average molecular weight is 480 g/mol. The van der Waals surface area contributed by atoms with Crippen LogP contribution in [0.15, 0.2) is 60.7 Å². The first kappa shape index (κ1) is 20.3. The third-order valence-corrected chi connectivity index (χ3v) is 6.84. The number of rotatable bonds is 3. The lowest BCUT2D eigenvalue weighted by atomic mass is 9.90. The molecule has 0 radical (unpaired) electrons. The largest absolute Gasteiger partial charge is 0.454 e. The second-order valence-electron chi connectivity index (χ2n) is 8.12. The minimum absolute atomic E-state index is 0.0704. The molecule has 4 aromatic carbocycles. The Labute approximate surface area is 199 Å². The number of nitrogens with zero attached hydrogens (tertiary/aromatic N) is 1. The number of hydrogen-bond acceptors (Lipinski definition) is 3. The molecular formula is C26H16Cl2FNO3. The lowest BCUT2D eigenvalue weighted by Crippen LogP contribution is -2.23. The highest BCUT2D eigenvalue weighted by Crippen LogP contribution is 2.44. The van der Waals surface area contributed by atoms with Crippen LogP contribution in [0.1, 0.15) is 21.5 Å². The molecule has 7 heteroatoms. The second-order valence-corrected chi connectivity index (χ2v) is 8.94. The summed E-state index contributed by atoms with van der Waals surface area (Å²) in [6, 6.07) is 17.4. The molecule has 0 aliphatic carbocycles. The second kappa shape index (κ2) is 7.65. The Hall–Kier alpha value is -3.28. The summed E-state index contributed by atoms with van der Waals surface area (Å²) in [5.74, 6) is 0.915. The highest BCUT2D eigenvalue weighted by molar-refractivity contribution is 6.42. The van der Waals surface area contributed by atoms with Crippen LogP contribution in [-0.2, 0) is 13.1 Å². The zero-order chi connectivity index (χ0) is 22.7. The fourth-order valence-electron chi connectivity index (χ4n) is 4.55. The third kappa shape index (κ3) is 3.39. The van der Waals surface area contributed by atoms with Crippen LogP contribution >= 0.6 is 23.2 Å². The Morgan fingerprint density at radius 2 is 1.67 bits per heavy atom. The van der Waals surface area contributed by atoms with E-state index < -0.39 is 0 Å². The van der Waals surface area contributed by atoms with Gasteiger partial charge in [-0.1, -0.05) is 41.4 Å². The summed E-state index contributed by atoms with van der Waals surface area (Å²) in [4.78, 5) is 15.2. The molecule has 2 aliphatic heterocycles. The number of ether oxygens (including phenoxy) is 2. The molecule has 1 amide bonds. The van der Waals surface area contributed by atoms with E-state index in [1.54, 1.807) is 29.2 Å². The molecule has 0 aromatic heterocycles. The monoisotopic (exact) mass is 479 g/mol. The number of hydrogen-bond donors (Lipinski definition) is 0. The molecule has 0 bridgehead atoms. The van der Waals surface area contributed by atoms with Crippen molar-refractivity contribution in [1.29, 1.82) is 0 Å². The van der Waals surface area contributed by atoms with E-state index in [9.17, 15) is 9.18 Å². The standard InChI is InChI=1S/C26H16Cl2FNO3/c27-21-6-1-14(7-22(21)28)11-30-12-20-19(26(30)31)8-16-9-23-24(33-13-32-23)10-18(16)25(20)15-2-4-17(29)5-3-15/h1-10H,11-13H2. The maximum Gasteiger partial charge on any atom is 0.254 e. The van der Waals surface area contributed by atoms with Crippen molar-refractivity contribution in [1.82, 2.24) is 4.90 Å². The van der Waals surface area contributed by atoms with E-state index in [2.05, 4.69) is 0 Å². The smallest absolute Gasteiger partial charge is 0.254 e. The van der Waals surface area contributed by atoms with Crippen molar-refractivity contribution >= 4 is 39.9 Å². The number of carbonyl (C=O) groups is 1. The molecule has 0 N–H and O–H groups in total. The molecule has 6 rings (SSSR count). The summed E-state index contributed by atoms with van der Waals surface area (Å²) in [5.41, 5.74) is 4.14. The highest BCUT2D eigenvalue weighted by atomic mass is 35.5. The first-order valence-corrected chi connectivity index (χ1v) is 11.1. The van der Waals surface area contributed by atoms with Crippen molar-refractivity contribution in [2.24, 2.45) is 0 Å². The van der Waals surface area contributed by atoms with Crippen LogP contribution in [0, 0.1) is 5.82 Å². The van der Waals surface area contributed by atoms with E-state index in [1.165, 1.54) is 12.1 Å². The van der Waals surface area contributed by atoms with Gasteiger partial charge in [-0.15, -0.1) is 0 Å². The van der Waals surface area contributed by atoms with E-state index in [1.807, 2.05) is 24.3 Å². The average Bonchev–Trinajstić information content (AvgIpc) is 3.38. The molecule has 0 saturated heterocycles. The van der Waals surface area contributed by atoms with Gasteiger partial charge in [-0.25, -0.2) is 4.39 Å². The maximum absolute atomic E-state index is 13.7. The van der Waals surface area contributed by atoms with Crippen LogP contribution in [0.4, 0.5) is 4.39 Å². The van der Waals surface area contributed by atoms with Crippen LogP contribution in [0.25, 0.3) is 21.9 Å². The SMILES string of the molecule is O=C1c2cc3cc4c(cc3c(-c3ccc(F)cc3)c2CN1Cc1ccc(Cl)c(Cl)c1)OCO4. The number of halogens is 3. The van der Waals surface area contributed by atoms with Crippen LogP contribution in [0.5, 0.6) is 11.5 Å². The normalized spacial score (nSPS) is 14.3. The summed E-state index contributed by atoms with van der Waals surface area (Å²) in [7, 11) is 0. The Morgan fingerprint density at radius 1 is 0.909 bits per heavy atom. The minimum atomic E-state index is -0.314. The van der Waals surface area contributed by atoms with E-state index in [-0.39, 0.29) is 18.5 Å². The summed E-state index contributed by atoms with van der Waals surface area (Å²) < 4.78 is 24.8.